The molecule has 0 bridgehead atoms. The van der Waals surface area contributed by atoms with Crippen molar-refractivity contribution in [1.82, 2.24) is 20.5 Å². The summed E-state index contributed by atoms with van der Waals surface area (Å²) in [7, 11) is 1.81. The van der Waals surface area contributed by atoms with E-state index < -0.39 is 0 Å². The van der Waals surface area contributed by atoms with Gasteiger partial charge in [-0.3, -0.25) is 9.89 Å². The molecule has 0 radical (unpaired) electrons. The standard InChI is InChI=1S/C24H34N6O.HI/c1-25-24(27-17-20-8-9-23(26-16-20)30-10-4-5-11-30)28-18-21-6-2-3-7-22(21)19-29-12-14-31-15-13-29;/h2-3,6-9,16H,4-5,10-15,17-19H2,1H3,(H2,25,27,28);1H. The smallest absolute Gasteiger partial charge is 0.191 e. The number of halogens is 1. The Bertz CT molecular complexity index is 848. The lowest BCUT2D eigenvalue weighted by molar-refractivity contribution is 0.0341. The highest BCUT2D eigenvalue weighted by Gasteiger charge is 2.14. The van der Waals surface area contributed by atoms with Crippen LogP contribution in [-0.4, -0.2) is 62.3 Å². The van der Waals surface area contributed by atoms with E-state index in [0.29, 0.717) is 6.54 Å². The number of aliphatic imine (C=N–C) groups is 1. The van der Waals surface area contributed by atoms with Crippen molar-refractivity contribution in [3.8, 4) is 0 Å². The van der Waals surface area contributed by atoms with Crippen LogP contribution in [0.4, 0.5) is 5.82 Å². The zero-order valence-electron chi connectivity index (χ0n) is 18.9. The first-order valence-electron chi connectivity index (χ1n) is 11.3. The van der Waals surface area contributed by atoms with E-state index in [4.69, 9.17) is 4.74 Å². The van der Waals surface area contributed by atoms with E-state index in [9.17, 15) is 0 Å². The average molecular weight is 550 g/mol. The summed E-state index contributed by atoms with van der Waals surface area (Å²) >= 11 is 0. The quantitative estimate of drug-likeness (QED) is 0.314. The lowest BCUT2D eigenvalue weighted by Gasteiger charge is -2.27. The molecule has 0 saturated carbocycles. The molecule has 2 fully saturated rings. The lowest BCUT2D eigenvalue weighted by atomic mass is 10.1. The molecule has 0 amide bonds. The van der Waals surface area contributed by atoms with Crippen LogP contribution in [0.15, 0.2) is 47.6 Å². The van der Waals surface area contributed by atoms with Gasteiger partial charge in [-0.05, 0) is 35.6 Å². The Labute approximate surface area is 208 Å². The van der Waals surface area contributed by atoms with E-state index >= 15 is 0 Å². The van der Waals surface area contributed by atoms with Crippen LogP contribution in [0.2, 0.25) is 0 Å². The largest absolute Gasteiger partial charge is 0.379 e. The second-order valence-corrected chi connectivity index (χ2v) is 8.16. The Morgan fingerprint density at radius 2 is 1.69 bits per heavy atom. The summed E-state index contributed by atoms with van der Waals surface area (Å²) in [6, 6.07) is 12.9. The van der Waals surface area contributed by atoms with Gasteiger partial charge in [-0.1, -0.05) is 30.3 Å². The fourth-order valence-electron chi connectivity index (χ4n) is 4.12. The van der Waals surface area contributed by atoms with Crippen LogP contribution in [-0.2, 0) is 24.4 Å². The third-order valence-electron chi connectivity index (χ3n) is 5.99. The van der Waals surface area contributed by atoms with Gasteiger partial charge < -0.3 is 20.3 Å². The van der Waals surface area contributed by atoms with Crippen LogP contribution < -0.4 is 15.5 Å². The number of guanidine groups is 1. The zero-order chi connectivity index (χ0) is 21.3. The maximum atomic E-state index is 5.47. The average Bonchev–Trinajstić information content (AvgIpc) is 3.36. The van der Waals surface area contributed by atoms with E-state index in [-0.39, 0.29) is 24.0 Å². The number of pyridine rings is 1. The van der Waals surface area contributed by atoms with Crippen LogP contribution in [0.25, 0.3) is 0 Å². The highest BCUT2D eigenvalue weighted by molar-refractivity contribution is 14.0. The van der Waals surface area contributed by atoms with E-state index in [1.54, 1.807) is 0 Å². The van der Waals surface area contributed by atoms with Crippen molar-refractivity contribution in [2.24, 2.45) is 4.99 Å². The summed E-state index contributed by atoms with van der Waals surface area (Å²) < 4.78 is 5.47. The molecule has 8 heteroatoms. The van der Waals surface area contributed by atoms with Crippen molar-refractivity contribution >= 4 is 35.8 Å². The van der Waals surface area contributed by atoms with Crippen molar-refractivity contribution in [2.45, 2.75) is 32.5 Å². The van der Waals surface area contributed by atoms with Crippen molar-refractivity contribution in [3.05, 3.63) is 59.3 Å². The maximum Gasteiger partial charge on any atom is 0.191 e. The van der Waals surface area contributed by atoms with Crippen molar-refractivity contribution in [2.75, 3.05) is 51.3 Å². The number of rotatable bonds is 7. The molecule has 0 atom stereocenters. The fourth-order valence-corrected chi connectivity index (χ4v) is 4.12. The molecule has 4 rings (SSSR count). The SMILES string of the molecule is CN=C(NCc1ccc(N2CCCC2)nc1)NCc1ccccc1CN1CCOCC1.I. The Hall–Kier alpha value is -1.91. The predicted octanol–water partition coefficient (Wildman–Crippen LogP) is 3.00. The Morgan fingerprint density at radius 1 is 0.969 bits per heavy atom. The van der Waals surface area contributed by atoms with Gasteiger partial charge in [0.05, 0.1) is 13.2 Å². The molecule has 2 aliphatic rings. The molecule has 2 aliphatic heterocycles. The number of morpholine rings is 1. The van der Waals surface area contributed by atoms with Gasteiger partial charge >= 0.3 is 0 Å². The van der Waals surface area contributed by atoms with Crippen molar-refractivity contribution in [1.29, 1.82) is 0 Å². The third kappa shape index (κ3) is 7.05. The summed E-state index contributed by atoms with van der Waals surface area (Å²) in [6.07, 6.45) is 4.50. The van der Waals surface area contributed by atoms with Crippen LogP contribution in [0, 0.1) is 0 Å². The minimum Gasteiger partial charge on any atom is -0.379 e. The second-order valence-electron chi connectivity index (χ2n) is 8.16. The number of hydrogen-bond donors (Lipinski definition) is 2. The maximum absolute atomic E-state index is 5.47. The molecular weight excluding hydrogens is 515 g/mol. The highest BCUT2D eigenvalue weighted by Crippen LogP contribution is 2.17. The first-order chi connectivity index (χ1) is 15.3. The van der Waals surface area contributed by atoms with Crippen LogP contribution in [0.1, 0.15) is 29.5 Å². The van der Waals surface area contributed by atoms with Gasteiger partial charge in [0.1, 0.15) is 5.82 Å². The Morgan fingerprint density at radius 3 is 2.38 bits per heavy atom. The monoisotopic (exact) mass is 550 g/mol. The van der Waals surface area contributed by atoms with E-state index in [1.165, 1.54) is 24.0 Å². The van der Waals surface area contributed by atoms with Crippen LogP contribution in [0.5, 0.6) is 0 Å². The number of nitrogens with zero attached hydrogens (tertiary/aromatic N) is 4. The van der Waals surface area contributed by atoms with Crippen LogP contribution in [0.3, 0.4) is 0 Å². The summed E-state index contributed by atoms with van der Waals surface area (Å²) in [5.41, 5.74) is 3.81. The molecule has 1 aromatic heterocycles. The van der Waals surface area contributed by atoms with Gasteiger partial charge in [0.25, 0.3) is 0 Å². The number of anilines is 1. The molecule has 2 aromatic rings. The molecular formula is C24H35IN6O. The normalized spacial score (nSPS) is 17.2. The molecule has 0 aliphatic carbocycles. The number of hydrogen-bond acceptors (Lipinski definition) is 5. The third-order valence-corrected chi connectivity index (χ3v) is 5.99. The molecule has 0 spiro atoms. The fraction of sp³-hybridized carbons (Fsp3) is 0.500. The number of nitrogens with one attached hydrogen (secondary N) is 2. The molecule has 32 heavy (non-hydrogen) atoms. The minimum absolute atomic E-state index is 0. The first-order valence-corrected chi connectivity index (χ1v) is 11.3. The summed E-state index contributed by atoms with van der Waals surface area (Å²) in [6.45, 7) is 8.28. The number of ether oxygens (including phenoxy) is 1. The lowest BCUT2D eigenvalue weighted by Crippen LogP contribution is -2.37. The van der Waals surface area contributed by atoms with Crippen LogP contribution >= 0.6 is 24.0 Å². The second kappa shape index (κ2) is 13.0. The van der Waals surface area contributed by atoms with E-state index in [1.807, 2.05) is 13.2 Å². The van der Waals surface area contributed by atoms with Gasteiger partial charge in [0, 0.05) is 59.1 Å². The molecule has 0 unspecified atom stereocenters. The summed E-state index contributed by atoms with van der Waals surface area (Å²) in [4.78, 5) is 13.8. The van der Waals surface area contributed by atoms with Gasteiger partial charge in [-0.25, -0.2) is 4.98 Å². The topological polar surface area (TPSA) is 65.0 Å². The van der Waals surface area contributed by atoms with Crippen molar-refractivity contribution in [3.63, 3.8) is 0 Å². The molecule has 2 saturated heterocycles. The molecule has 174 valence electrons. The molecule has 3 heterocycles. The van der Waals surface area contributed by atoms with Gasteiger partial charge in [0.2, 0.25) is 0 Å². The zero-order valence-corrected chi connectivity index (χ0v) is 21.3. The minimum atomic E-state index is 0. The Kier molecular flexibility index (Phi) is 10.0. The van der Waals surface area contributed by atoms with E-state index in [0.717, 1.165) is 69.8 Å². The molecule has 1 aromatic carbocycles. The van der Waals surface area contributed by atoms with Gasteiger partial charge in [-0.2, -0.15) is 0 Å². The van der Waals surface area contributed by atoms with E-state index in [2.05, 4.69) is 66.8 Å². The van der Waals surface area contributed by atoms with Crippen molar-refractivity contribution < 1.29 is 4.74 Å². The van der Waals surface area contributed by atoms with Gasteiger partial charge in [-0.15, -0.1) is 24.0 Å². The Balaban J connectivity index is 0.00000289. The van der Waals surface area contributed by atoms with Gasteiger partial charge in [0.15, 0.2) is 5.96 Å². The molecule has 2 N–H and O–H groups in total. The number of benzene rings is 1. The summed E-state index contributed by atoms with van der Waals surface area (Å²) in [5, 5.41) is 6.86. The first kappa shape index (κ1) is 24.7. The highest BCUT2D eigenvalue weighted by atomic mass is 127. The predicted molar refractivity (Wildman–Crippen MR) is 141 cm³/mol. The molecule has 7 nitrogen and oxygen atoms in total. The number of aromatic nitrogens is 1. The summed E-state index contributed by atoms with van der Waals surface area (Å²) in [5.74, 6) is 1.88.